The molecule has 1 aromatic carbocycles. The van der Waals surface area contributed by atoms with Crippen LogP contribution in [0.4, 0.5) is 5.69 Å². The van der Waals surface area contributed by atoms with Crippen LogP contribution in [0.1, 0.15) is 19.4 Å². The van der Waals surface area contributed by atoms with Gasteiger partial charge in [-0.15, -0.1) is 12.4 Å². The minimum Gasteiger partial charge on any atom is -0.379 e. The highest BCUT2D eigenvalue weighted by molar-refractivity contribution is 8.13. The zero-order valence-electron chi connectivity index (χ0n) is 10.9. The summed E-state index contributed by atoms with van der Waals surface area (Å²) >= 11 is 1.44. The largest absolute Gasteiger partial charge is 0.379 e. The fourth-order valence-corrected chi connectivity index (χ4v) is 1.86. The summed E-state index contributed by atoms with van der Waals surface area (Å²) in [5.41, 5.74) is 6.85. The number of hydrogen-bond acceptors (Lipinski definition) is 4. The number of non-ortho nitro benzene ring substituents is 1. The van der Waals surface area contributed by atoms with Gasteiger partial charge in [0.25, 0.3) is 5.69 Å². The fourth-order valence-electron chi connectivity index (χ4n) is 1.19. The van der Waals surface area contributed by atoms with Gasteiger partial charge in [-0.3, -0.25) is 15.1 Å². The molecule has 0 spiro atoms. The van der Waals surface area contributed by atoms with Crippen LogP contribution >= 0.6 is 24.2 Å². The van der Waals surface area contributed by atoms with E-state index in [1.54, 1.807) is 12.1 Å². The molecule has 0 aliphatic heterocycles. The van der Waals surface area contributed by atoms with Crippen LogP contribution in [0.3, 0.4) is 0 Å². The minimum absolute atomic E-state index is 0. The lowest BCUT2D eigenvalue weighted by molar-refractivity contribution is -0.384. The lowest BCUT2D eigenvalue weighted by atomic mass is 10.2. The molecule has 0 saturated carbocycles. The Morgan fingerprint density at radius 2 is 2.00 bits per heavy atom. The van der Waals surface area contributed by atoms with Crippen LogP contribution in [-0.4, -0.2) is 16.6 Å². The van der Waals surface area contributed by atoms with Gasteiger partial charge >= 0.3 is 0 Å². The number of amidine groups is 1. The first kappa shape index (κ1) is 17.7. The van der Waals surface area contributed by atoms with Gasteiger partial charge in [0.1, 0.15) is 0 Å². The van der Waals surface area contributed by atoms with E-state index in [4.69, 9.17) is 5.73 Å². The number of nitro groups is 1. The molecule has 7 heteroatoms. The fraction of sp³-hybridized carbons (Fsp3) is 0.417. The molecular formula is C12H18ClN3O2S. The maximum absolute atomic E-state index is 10.5. The average molecular weight is 304 g/mol. The summed E-state index contributed by atoms with van der Waals surface area (Å²) in [6.07, 6.45) is 0. The molecule has 0 aliphatic rings. The molecule has 0 unspecified atom stereocenters. The summed E-state index contributed by atoms with van der Waals surface area (Å²) in [6.45, 7) is 4.88. The molecule has 1 aromatic rings. The van der Waals surface area contributed by atoms with Crippen molar-refractivity contribution in [3.63, 3.8) is 0 Å². The molecule has 0 saturated heterocycles. The second kappa shape index (κ2) is 8.77. The Labute approximate surface area is 123 Å². The van der Waals surface area contributed by atoms with E-state index in [0.29, 0.717) is 16.8 Å². The normalized spacial score (nSPS) is 11.2. The highest BCUT2D eigenvalue weighted by Crippen LogP contribution is 2.16. The van der Waals surface area contributed by atoms with Crippen molar-refractivity contribution in [3.8, 4) is 0 Å². The third-order valence-corrected chi connectivity index (χ3v) is 3.05. The van der Waals surface area contributed by atoms with Gasteiger partial charge in [-0.25, -0.2) is 0 Å². The van der Waals surface area contributed by atoms with Gasteiger partial charge in [0.15, 0.2) is 5.17 Å². The number of rotatable bonds is 5. The Hall–Kier alpha value is -1.27. The van der Waals surface area contributed by atoms with Crippen molar-refractivity contribution in [3.05, 3.63) is 39.9 Å². The number of hydrogen-bond donors (Lipinski definition) is 1. The second-order valence-electron chi connectivity index (χ2n) is 4.29. The van der Waals surface area contributed by atoms with Crippen molar-refractivity contribution in [1.29, 1.82) is 0 Å². The van der Waals surface area contributed by atoms with Gasteiger partial charge in [-0.05, 0) is 11.5 Å². The number of nitrogens with two attached hydrogens (primary N) is 1. The maximum atomic E-state index is 10.5. The van der Waals surface area contributed by atoms with Crippen molar-refractivity contribution in [2.45, 2.75) is 19.6 Å². The van der Waals surface area contributed by atoms with Crippen LogP contribution in [0.5, 0.6) is 0 Å². The van der Waals surface area contributed by atoms with Gasteiger partial charge in [0.05, 0.1) is 4.92 Å². The summed E-state index contributed by atoms with van der Waals surface area (Å²) in [6, 6.07) is 6.47. The summed E-state index contributed by atoms with van der Waals surface area (Å²) in [7, 11) is 0. The monoisotopic (exact) mass is 303 g/mol. The molecule has 2 N–H and O–H groups in total. The molecule has 0 aliphatic carbocycles. The molecule has 0 atom stereocenters. The number of aliphatic imine (C=N–C) groups is 1. The quantitative estimate of drug-likeness (QED) is 0.392. The number of nitro benzene ring substituents is 1. The SMILES string of the molecule is CC(C)CN=C(N)SCc1ccc([N+](=O)[O-])cc1.Cl. The van der Waals surface area contributed by atoms with E-state index in [9.17, 15) is 10.1 Å². The zero-order chi connectivity index (χ0) is 13.5. The van der Waals surface area contributed by atoms with Crippen LogP contribution in [0.15, 0.2) is 29.3 Å². The van der Waals surface area contributed by atoms with E-state index in [0.717, 1.165) is 12.1 Å². The third kappa shape index (κ3) is 7.03. The first-order valence-corrected chi connectivity index (χ1v) is 6.63. The second-order valence-corrected chi connectivity index (χ2v) is 5.28. The molecular weight excluding hydrogens is 286 g/mol. The number of nitrogens with zero attached hydrogens (tertiary/aromatic N) is 2. The first-order chi connectivity index (χ1) is 8.49. The van der Waals surface area contributed by atoms with Crippen molar-refractivity contribution in [1.82, 2.24) is 0 Å². The van der Waals surface area contributed by atoms with Gasteiger partial charge in [0, 0.05) is 24.4 Å². The van der Waals surface area contributed by atoms with Crippen LogP contribution < -0.4 is 5.73 Å². The lowest BCUT2D eigenvalue weighted by Crippen LogP contribution is -2.09. The van der Waals surface area contributed by atoms with Gasteiger partial charge in [0.2, 0.25) is 0 Å². The Morgan fingerprint density at radius 3 is 2.47 bits per heavy atom. The van der Waals surface area contributed by atoms with Gasteiger partial charge < -0.3 is 5.73 Å². The van der Waals surface area contributed by atoms with Crippen LogP contribution in [0.2, 0.25) is 0 Å². The lowest BCUT2D eigenvalue weighted by Gasteiger charge is -2.03. The number of benzene rings is 1. The van der Waals surface area contributed by atoms with E-state index in [-0.39, 0.29) is 18.1 Å². The Kier molecular flexibility index (Phi) is 8.18. The third-order valence-electron chi connectivity index (χ3n) is 2.15. The molecule has 0 fully saturated rings. The number of halogens is 1. The van der Waals surface area contributed by atoms with E-state index >= 15 is 0 Å². The Bertz CT molecular complexity index is 435. The zero-order valence-corrected chi connectivity index (χ0v) is 12.5. The highest BCUT2D eigenvalue weighted by Gasteiger charge is 2.04. The smallest absolute Gasteiger partial charge is 0.269 e. The van der Waals surface area contributed by atoms with E-state index < -0.39 is 4.92 Å². The predicted octanol–water partition coefficient (Wildman–Crippen LogP) is 3.22. The van der Waals surface area contributed by atoms with E-state index in [1.807, 2.05) is 0 Å². The molecule has 0 aromatic heterocycles. The molecule has 0 heterocycles. The van der Waals surface area contributed by atoms with Crippen molar-refractivity contribution >= 4 is 35.0 Å². The molecule has 1 rings (SSSR count). The van der Waals surface area contributed by atoms with E-state index in [1.165, 1.54) is 23.9 Å². The maximum Gasteiger partial charge on any atom is 0.269 e. The van der Waals surface area contributed by atoms with Crippen LogP contribution in [0.25, 0.3) is 0 Å². The Balaban J connectivity index is 0.00000324. The Morgan fingerprint density at radius 1 is 1.42 bits per heavy atom. The summed E-state index contributed by atoms with van der Waals surface area (Å²) in [5.74, 6) is 1.16. The molecule has 106 valence electrons. The van der Waals surface area contributed by atoms with Gasteiger partial charge in [-0.1, -0.05) is 37.7 Å². The topological polar surface area (TPSA) is 81.5 Å². The molecule has 5 nitrogen and oxygen atoms in total. The van der Waals surface area contributed by atoms with Crippen molar-refractivity contribution in [2.24, 2.45) is 16.6 Å². The molecule has 0 amide bonds. The van der Waals surface area contributed by atoms with Crippen molar-refractivity contribution < 1.29 is 4.92 Å². The first-order valence-electron chi connectivity index (χ1n) is 5.65. The summed E-state index contributed by atoms with van der Waals surface area (Å²) < 4.78 is 0. The summed E-state index contributed by atoms with van der Waals surface area (Å²) in [5, 5.41) is 11.0. The molecule has 0 radical (unpaired) electrons. The van der Waals surface area contributed by atoms with Crippen LogP contribution in [-0.2, 0) is 5.75 Å². The molecule has 19 heavy (non-hydrogen) atoms. The standard InChI is InChI=1S/C12H17N3O2S.ClH/c1-9(2)7-14-12(13)18-8-10-3-5-11(6-4-10)15(16)17;/h3-6,9H,7-8H2,1-2H3,(H2,13,14);1H. The molecule has 0 bridgehead atoms. The van der Waals surface area contributed by atoms with Crippen LogP contribution in [0, 0.1) is 16.0 Å². The predicted molar refractivity (Wildman–Crippen MR) is 83.0 cm³/mol. The highest BCUT2D eigenvalue weighted by atomic mass is 35.5. The number of thioether (sulfide) groups is 1. The summed E-state index contributed by atoms with van der Waals surface area (Å²) in [4.78, 5) is 14.3. The minimum atomic E-state index is -0.407. The van der Waals surface area contributed by atoms with Gasteiger partial charge in [-0.2, -0.15) is 0 Å². The average Bonchev–Trinajstić information content (AvgIpc) is 2.34. The van der Waals surface area contributed by atoms with Crippen molar-refractivity contribution in [2.75, 3.05) is 6.54 Å². The van der Waals surface area contributed by atoms with E-state index in [2.05, 4.69) is 18.8 Å².